The van der Waals surface area contributed by atoms with Crippen LogP contribution in [-0.2, 0) is 14.8 Å². The molecule has 2 aromatic carbocycles. The lowest BCUT2D eigenvalue weighted by Crippen LogP contribution is -2.11. The van der Waals surface area contributed by atoms with Gasteiger partial charge in [-0.2, -0.15) is 5.10 Å². The summed E-state index contributed by atoms with van der Waals surface area (Å²) in [5, 5.41) is 12.6. The third-order valence-electron chi connectivity index (χ3n) is 3.75. The van der Waals surface area contributed by atoms with Crippen LogP contribution in [0.15, 0.2) is 53.4 Å². The Morgan fingerprint density at radius 3 is 2.19 bits per heavy atom. The van der Waals surface area contributed by atoms with E-state index in [1.165, 1.54) is 19.2 Å². The number of halogens is 1. The van der Waals surface area contributed by atoms with E-state index in [1.54, 1.807) is 36.4 Å². The smallest absolute Gasteiger partial charge is 0.356 e. The normalized spacial score (nSPS) is 11.3. The summed E-state index contributed by atoms with van der Waals surface area (Å²) in [7, 11) is -2.55. The Morgan fingerprint density at radius 1 is 1.08 bits per heavy atom. The van der Waals surface area contributed by atoms with Crippen molar-refractivity contribution in [3.8, 4) is 22.4 Å². The molecule has 0 atom stereocenters. The minimum absolute atomic E-state index is 0.0302. The molecule has 0 bridgehead atoms. The number of hydrogen-bond donors (Lipinski definition) is 2. The van der Waals surface area contributed by atoms with Crippen LogP contribution in [0.25, 0.3) is 22.4 Å². The second-order valence-electron chi connectivity index (χ2n) is 5.39. The van der Waals surface area contributed by atoms with E-state index in [0.717, 1.165) is 5.56 Å². The molecule has 0 saturated heterocycles. The Hall–Kier alpha value is -2.68. The van der Waals surface area contributed by atoms with Gasteiger partial charge in [0.05, 0.1) is 12.0 Å². The largest absolute Gasteiger partial charge is 0.464 e. The summed E-state index contributed by atoms with van der Waals surface area (Å²) in [5.74, 6) is -0.594. The molecule has 0 amide bonds. The molecule has 0 aliphatic heterocycles. The van der Waals surface area contributed by atoms with Crippen LogP contribution in [0.3, 0.4) is 0 Å². The van der Waals surface area contributed by atoms with Gasteiger partial charge in [-0.15, -0.1) is 0 Å². The van der Waals surface area contributed by atoms with Gasteiger partial charge in [0.25, 0.3) is 0 Å². The number of sulfonamides is 1. The Bertz CT molecular complexity index is 1060. The standard InChI is InChI=1S/C17H14ClN3O4S/c1-25-17(22)16-14(10-4-8-13(9-5-10)26(19,23)24)15(20-21-16)11-2-6-12(18)7-3-11/h2-9H,1H3,(H,20,21)(H2,19,23,24). The fourth-order valence-electron chi connectivity index (χ4n) is 2.50. The van der Waals surface area contributed by atoms with E-state index in [9.17, 15) is 13.2 Å². The number of primary sulfonamides is 1. The Morgan fingerprint density at radius 2 is 1.65 bits per heavy atom. The number of carbonyl (C=O) groups excluding carboxylic acids is 1. The lowest BCUT2D eigenvalue weighted by atomic mass is 9.99. The van der Waals surface area contributed by atoms with Crippen LogP contribution in [0.4, 0.5) is 0 Å². The summed E-state index contributed by atoms with van der Waals surface area (Å²) < 4.78 is 27.7. The van der Waals surface area contributed by atoms with Crippen molar-refractivity contribution >= 4 is 27.6 Å². The van der Waals surface area contributed by atoms with Crippen LogP contribution >= 0.6 is 11.6 Å². The number of aromatic nitrogens is 2. The number of hydrogen-bond acceptors (Lipinski definition) is 5. The number of nitrogens with two attached hydrogens (primary N) is 1. The van der Waals surface area contributed by atoms with Gasteiger partial charge in [0.1, 0.15) is 5.69 Å². The number of methoxy groups -OCH3 is 1. The summed E-state index contributed by atoms with van der Waals surface area (Å²) >= 11 is 5.92. The van der Waals surface area contributed by atoms with Crippen molar-refractivity contribution in [1.82, 2.24) is 10.2 Å². The summed E-state index contributed by atoms with van der Waals surface area (Å²) in [4.78, 5) is 12.1. The highest BCUT2D eigenvalue weighted by Gasteiger charge is 2.22. The first-order chi connectivity index (χ1) is 12.3. The first kappa shape index (κ1) is 18.1. The molecular formula is C17H14ClN3O4S. The number of ether oxygens (including phenoxy) is 1. The number of esters is 1. The first-order valence-corrected chi connectivity index (χ1v) is 9.29. The Balaban J connectivity index is 2.19. The van der Waals surface area contributed by atoms with E-state index in [2.05, 4.69) is 10.2 Å². The number of nitrogens with one attached hydrogen (secondary N) is 1. The zero-order valence-electron chi connectivity index (χ0n) is 13.6. The SMILES string of the molecule is COC(=O)c1[nH]nc(-c2ccc(Cl)cc2)c1-c1ccc(S(N)(=O)=O)cc1. The number of carbonyl (C=O) groups is 1. The van der Waals surface area contributed by atoms with Gasteiger partial charge in [-0.1, -0.05) is 35.9 Å². The summed E-state index contributed by atoms with van der Waals surface area (Å²) in [6, 6.07) is 12.8. The summed E-state index contributed by atoms with van der Waals surface area (Å²) in [6.07, 6.45) is 0. The van der Waals surface area contributed by atoms with Crippen molar-refractivity contribution in [1.29, 1.82) is 0 Å². The van der Waals surface area contributed by atoms with E-state index in [0.29, 0.717) is 21.8 Å². The maximum atomic E-state index is 12.1. The van der Waals surface area contributed by atoms with Crippen LogP contribution in [0.2, 0.25) is 5.02 Å². The highest BCUT2D eigenvalue weighted by Crippen LogP contribution is 2.34. The molecular weight excluding hydrogens is 378 g/mol. The molecule has 0 radical (unpaired) electrons. The topological polar surface area (TPSA) is 115 Å². The van der Waals surface area contributed by atoms with E-state index < -0.39 is 16.0 Å². The van der Waals surface area contributed by atoms with Gasteiger partial charge in [0.2, 0.25) is 10.0 Å². The van der Waals surface area contributed by atoms with Gasteiger partial charge in [-0.3, -0.25) is 5.10 Å². The fraction of sp³-hybridized carbons (Fsp3) is 0.0588. The van der Waals surface area contributed by atoms with Crippen molar-refractivity contribution in [2.75, 3.05) is 7.11 Å². The molecule has 9 heteroatoms. The van der Waals surface area contributed by atoms with Gasteiger partial charge in [0.15, 0.2) is 5.69 Å². The zero-order valence-corrected chi connectivity index (χ0v) is 15.1. The predicted molar refractivity (Wildman–Crippen MR) is 97.2 cm³/mol. The van der Waals surface area contributed by atoms with E-state index in [4.69, 9.17) is 21.5 Å². The first-order valence-electron chi connectivity index (χ1n) is 7.37. The van der Waals surface area contributed by atoms with Crippen molar-refractivity contribution < 1.29 is 17.9 Å². The molecule has 3 aromatic rings. The molecule has 134 valence electrons. The molecule has 0 aliphatic carbocycles. The van der Waals surface area contributed by atoms with E-state index >= 15 is 0 Å². The highest BCUT2D eigenvalue weighted by atomic mass is 35.5. The maximum Gasteiger partial charge on any atom is 0.356 e. The number of aromatic amines is 1. The zero-order chi connectivity index (χ0) is 18.9. The molecule has 7 nitrogen and oxygen atoms in total. The molecule has 0 spiro atoms. The number of rotatable bonds is 4. The van der Waals surface area contributed by atoms with Crippen LogP contribution < -0.4 is 5.14 Å². The lowest BCUT2D eigenvalue weighted by Gasteiger charge is -2.07. The van der Waals surface area contributed by atoms with Crippen molar-refractivity contribution in [3.63, 3.8) is 0 Å². The number of nitrogens with zero attached hydrogens (tertiary/aromatic N) is 1. The summed E-state index contributed by atoms with van der Waals surface area (Å²) in [5.41, 5.74) is 2.45. The second kappa shape index (κ2) is 6.91. The third kappa shape index (κ3) is 3.48. The van der Waals surface area contributed by atoms with Gasteiger partial charge in [-0.25, -0.2) is 18.4 Å². The minimum Gasteiger partial charge on any atom is -0.464 e. The Labute approximate surface area is 154 Å². The lowest BCUT2D eigenvalue weighted by molar-refractivity contribution is 0.0595. The average molecular weight is 392 g/mol. The van der Waals surface area contributed by atoms with Crippen LogP contribution in [0.5, 0.6) is 0 Å². The van der Waals surface area contributed by atoms with Crippen molar-refractivity contribution in [2.24, 2.45) is 5.14 Å². The minimum atomic E-state index is -3.82. The van der Waals surface area contributed by atoms with Gasteiger partial charge in [0, 0.05) is 16.1 Å². The van der Waals surface area contributed by atoms with Crippen LogP contribution in [-0.4, -0.2) is 31.7 Å². The van der Waals surface area contributed by atoms with Crippen molar-refractivity contribution in [2.45, 2.75) is 4.90 Å². The molecule has 3 N–H and O–H groups in total. The molecule has 0 aliphatic rings. The predicted octanol–water partition coefficient (Wildman–Crippen LogP) is 2.83. The van der Waals surface area contributed by atoms with E-state index in [1.807, 2.05) is 0 Å². The van der Waals surface area contributed by atoms with E-state index in [-0.39, 0.29) is 10.6 Å². The van der Waals surface area contributed by atoms with Crippen molar-refractivity contribution in [3.05, 3.63) is 59.2 Å². The molecule has 0 fully saturated rings. The maximum absolute atomic E-state index is 12.1. The quantitative estimate of drug-likeness (QED) is 0.663. The molecule has 26 heavy (non-hydrogen) atoms. The second-order valence-corrected chi connectivity index (χ2v) is 7.39. The highest BCUT2D eigenvalue weighted by molar-refractivity contribution is 7.89. The van der Waals surface area contributed by atoms with Crippen LogP contribution in [0.1, 0.15) is 10.5 Å². The molecule has 0 saturated carbocycles. The summed E-state index contributed by atoms with van der Waals surface area (Å²) in [6.45, 7) is 0. The van der Waals surface area contributed by atoms with Crippen LogP contribution in [0, 0.1) is 0 Å². The van der Waals surface area contributed by atoms with Gasteiger partial charge >= 0.3 is 5.97 Å². The monoisotopic (exact) mass is 391 g/mol. The number of benzene rings is 2. The number of H-pyrrole nitrogens is 1. The fourth-order valence-corrected chi connectivity index (χ4v) is 3.14. The molecule has 1 aromatic heterocycles. The van der Waals surface area contributed by atoms with Gasteiger partial charge < -0.3 is 4.74 Å². The molecule has 1 heterocycles. The van der Waals surface area contributed by atoms with Gasteiger partial charge in [-0.05, 0) is 29.8 Å². The third-order valence-corrected chi connectivity index (χ3v) is 4.93. The average Bonchev–Trinajstić information content (AvgIpc) is 3.06. The molecule has 3 rings (SSSR count). The Kier molecular flexibility index (Phi) is 4.82. The molecule has 0 unspecified atom stereocenters.